The Kier molecular flexibility index (Phi) is 5.18. The smallest absolute Gasteiger partial charge is 0.323 e. The second-order valence-electron chi connectivity index (χ2n) is 6.16. The van der Waals surface area contributed by atoms with Gasteiger partial charge in [0.15, 0.2) is 0 Å². The number of ether oxygens (including phenoxy) is 1. The van der Waals surface area contributed by atoms with E-state index in [1.807, 2.05) is 29.7 Å². The number of pyridine rings is 1. The van der Waals surface area contributed by atoms with Gasteiger partial charge >= 0.3 is 5.97 Å². The first kappa shape index (κ1) is 18.5. The van der Waals surface area contributed by atoms with E-state index in [2.05, 4.69) is 4.98 Å². The highest BCUT2D eigenvalue weighted by atomic mass is 16.6. The Labute approximate surface area is 155 Å². The lowest BCUT2D eigenvalue weighted by molar-refractivity contribution is -0.384. The number of esters is 1. The Morgan fingerprint density at radius 1 is 1.37 bits per heavy atom. The van der Waals surface area contributed by atoms with Crippen LogP contribution in [0.15, 0.2) is 42.6 Å². The molecular formula is C19H20N4O4. The monoisotopic (exact) mass is 368 g/mol. The van der Waals surface area contributed by atoms with Crippen LogP contribution in [0.2, 0.25) is 0 Å². The van der Waals surface area contributed by atoms with E-state index < -0.39 is 16.9 Å². The highest BCUT2D eigenvalue weighted by Crippen LogP contribution is 2.29. The van der Waals surface area contributed by atoms with Gasteiger partial charge in [0, 0.05) is 30.3 Å². The van der Waals surface area contributed by atoms with Crippen LogP contribution in [0.5, 0.6) is 0 Å². The van der Waals surface area contributed by atoms with Crippen LogP contribution in [0.25, 0.3) is 16.9 Å². The van der Waals surface area contributed by atoms with Crippen LogP contribution >= 0.6 is 0 Å². The van der Waals surface area contributed by atoms with Crippen LogP contribution in [0.3, 0.4) is 0 Å². The van der Waals surface area contributed by atoms with Crippen molar-refractivity contribution in [2.75, 3.05) is 6.61 Å². The zero-order valence-electron chi connectivity index (χ0n) is 15.1. The third-order valence-corrected chi connectivity index (χ3v) is 4.28. The van der Waals surface area contributed by atoms with Crippen molar-refractivity contribution >= 4 is 17.3 Å². The van der Waals surface area contributed by atoms with Crippen LogP contribution in [0.4, 0.5) is 5.69 Å². The number of aromatic nitrogens is 2. The molecule has 2 heterocycles. The van der Waals surface area contributed by atoms with E-state index in [-0.39, 0.29) is 18.7 Å². The van der Waals surface area contributed by atoms with Gasteiger partial charge in [-0.15, -0.1) is 0 Å². The molecule has 0 saturated carbocycles. The number of carbonyl (C=O) groups excluding carboxylic acids is 1. The number of carbonyl (C=O) groups is 1. The zero-order valence-corrected chi connectivity index (χ0v) is 15.1. The lowest BCUT2D eigenvalue weighted by Gasteiger charge is -2.12. The largest absolute Gasteiger partial charge is 0.465 e. The summed E-state index contributed by atoms with van der Waals surface area (Å²) in [5, 5.41) is 11.1. The summed E-state index contributed by atoms with van der Waals surface area (Å²) in [6, 6.07) is 9.20. The number of hydrogen-bond acceptors (Lipinski definition) is 6. The fourth-order valence-corrected chi connectivity index (χ4v) is 2.99. The maximum atomic E-state index is 12.0. The number of fused-ring (bicyclic) bond motifs is 1. The number of imidazole rings is 1. The maximum absolute atomic E-state index is 12.0. The van der Waals surface area contributed by atoms with Gasteiger partial charge in [0.05, 0.1) is 22.9 Å². The molecule has 0 aliphatic rings. The molecule has 140 valence electrons. The Hall–Kier alpha value is -3.26. The van der Waals surface area contributed by atoms with Crippen LogP contribution in [-0.4, -0.2) is 32.9 Å². The normalized spacial score (nSPS) is 12.1. The Morgan fingerprint density at radius 2 is 2.15 bits per heavy atom. The highest BCUT2D eigenvalue weighted by Gasteiger charge is 2.23. The summed E-state index contributed by atoms with van der Waals surface area (Å²) in [5.74, 6) is -0.495. The molecule has 1 aromatic carbocycles. The van der Waals surface area contributed by atoms with Crippen molar-refractivity contribution < 1.29 is 14.5 Å². The number of nitrogens with two attached hydrogens (primary N) is 1. The first-order valence-corrected chi connectivity index (χ1v) is 8.56. The molecule has 0 spiro atoms. The van der Waals surface area contributed by atoms with E-state index in [1.54, 1.807) is 19.1 Å². The SMILES string of the molecule is CCOC(=O)C(N)Cc1c(-c2cccc([N+](=O)[O-])c2)nc2c(C)cccn12. The maximum Gasteiger partial charge on any atom is 0.323 e. The molecule has 3 aromatic rings. The molecule has 0 fully saturated rings. The van der Waals surface area contributed by atoms with Crippen LogP contribution in [0, 0.1) is 17.0 Å². The topological polar surface area (TPSA) is 113 Å². The number of aryl methyl sites for hydroxylation is 1. The van der Waals surface area contributed by atoms with Crippen molar-refractivity contribution in [2.24, 2.45) is 5.73 Å². The van der Waals surface area contributed by atoms with Gasteiger partial charge in [-0.1, -0.05) is 18.2 Å². The van der Waals surface area contributed by atoms with Gasteiger partial charge < -0.3 is 14.9 Å². The number of nitro benzene ring substituents is 1. The molecule has 0 saturated heterocycles. The zero-order chi connectivity index (χ0) is 19.6. The first-order chi connectivity index (χ1) is 12.9. The van der Waals surface area contributed by atoms with Crippen molar-refractivity contribution in [3.63, 3.8) is 0 Å². The summed E-state index contributed by atoms with van der Waals surface area (Å²) >= 11 is 0. The number of rotatable bonds is 6. The Bertz CT molecular complexity index is 1010. The molecule has 8 heteroatoms. The van der Waals surface area contributed by atoms with Crippen LogP contribution in [-0.2, 0) is 16.0 Å². The number of nitro groups is 1. The summed E-state index contributed by atoms with van der Waals surface area (Å²) in [4.78, 5) is 27.4. The third kappa shape index (κ3) is 3.65. The minimum Gasteiger partial charge on any atom is -0.465 e. The summed E-state index contributed by atoms with van der Waals surface area (Å²) in [7, 11) is 0. The molecular weight excluding hydrogens is 348 g/mol. The molecule has 2 N–H and O–H groups in total. The number of hydrogen-bond donors (Lipinski definition) is 1. The average Bonchev–Trinajstić information content (AvgIpc) is 3.02. The molecule has 0 radical (unpaired) electrons. The van der Waals surface area contributed by atoms with Crippen molar-refractivity contribution in [2.45, 2.75) is 26.3 Å². The molecule has 1 atom stereocenters. The molecule has 0 bridgehead atoms. The van der Waals surface area contributed by atoms with E-state index in [1.165, 1.54) is 12.1 Å². The molecule has 8 nitrogen and oxygen atoms in total. The lowest BCUT2D eigenvalue weighted by atomic mass is 10.0. The highest BCUT2D eigenvalue weighted by molar-refractivity contribution is 5.77. The van der Waals surface area contributed by atoms with Crippen LogP contribution in [0.1, 0.15) is 18.2 Å². The van der Waals surface area contributed by atoms with E-state index in [0.29, 0.717) is 22.6 Å². The second kappa shape index (κ2) is 7.55. The molecule has 0 amide bonds. The van der Waals surface area contributed by atoms with Gasteiger partial charge in [-0.2, -0.15) is 0 Å². The van der Waals surface area contributed by atoms with E-state index in [4.69, 9.17) is 10.5 Å². The van der Waals surface area contributed by atoms with Crippen molar-refractivity contribution in [1.82, 2.24) is 9.38 Å². The van der Waals surface area contributed by atoms with E-state index in [0.717, 1.165) is 5.56 Å². The number of nitrogens with zero attached hydrogens (tertiary/aromatic N) is 3. The molecule has 0 aliphatic heterocycles. The van der Waals surface area contributed by atoms with Crippen molar-refractivity contribution in [1.29, 1.82) is 0 Å². The minimum atomic E-state index is -0.859. The van der Waals surface area contributed by atoms with Crippen molar-refractivity contribution in [3.05, 3.63) is 64.0 Å². The van der Waals surface area contributed by atoms with Gasteiger partial charge in [-0.05, 0) is 25.5 Å². The number of benzene rings is 1. The van der Waals surface area contributed by atoms with Gasteiger partial charge in [0.2, 0.25) is 0 Å². The molecule has 27 heavy (non-hydrogen) atoms. The second-order valence-corrected chi connectivity index (χ2v) is 6.16. The third-order valence-electron chi connectivity index (χ3n) is 4.28. The van der Waals surface area contributed by atoms with Gasteiger partial charge in [-0.25, -0.2) is 4.98 Å². The summed E-state index contributed by atoms with van der Waals surface area (Å²) in [5.41, 5.74) is 9.52. The first-order valence-electron chi connectivity index (χ1n) is 8.56. The van der Waals surface area contributed by atoms with E-state index in [9.17, 15) is 14.9 Å². The summed E-state index contributed by atoms with van der Waals surface area (Å²) < 4.78 is 6.87. The fourth-order valence-electron chi connectivity index (χ4n) is 2.99. The standard InChI is InChI=1S/C19H20N4O4/c1-3-27-19(24)15(20)11-16-17(13-7-4-8-14(10-13)23(25)26)21-18-12(2)6-5-9-22(16)18/h4-10,15H,3,11,20H2,1-2H3. The molecule has 1 unspecified atom stereocenters. The molecule has 2 aromatic heterocycles. The predicted molar refractivity (Wildman–Crippen MR) is 100 cm³/mol. The summed E-state index contributed by atoms with van der Waals surface area (Å²) in [6.07, 6.45) is 2.03. The molecule has 0 aliphatic carbocycles. The Balaban J connectivity index is 2.14. The van der Waals surface area contributed by atoms with Gasteiger partial charge in [0.1, 0.15) is 11.7 Å². The minimum absolute atomic E-state index is 0.0260. The predicted octanol–water partition coefficient (Wildman–Crippen LogP) is 2.65. The molecule has 3 rings (SSSR count). The van der Waals surface area contributed by atoms with Gasteiger partial charge in [-0.3, -0.25) is 14.9 Å². The van der Waals surface area contributed by atoms with Crippen molar-refractivity contribution in [3.8, 4) is 11.3 Å². The lowest BCUT2D eigenvalue weighted by Crippen LogP contribution is -2.34. The Morgan fingerprint density at radius 3 is 2.85 bits per heavy atom. The summed E-state index contributed by atoms with van der Waals surface area (Å²) in [6.45, 7) is 3.89. The van der Waals surface area contributed by atoms with E-state index >= 15 is 0 Å². The fraction of sp³-hybridized carbons (Fsp3) is 0.263. The quantitative estimate of drug-likeness (QED) is 0.406. The number of non-ortho nitro benzene ring substituents is 1. The van der Waals surface area contributed by atoms with Crippen LogP contribution < -0.4 is 5.73 Å². The average molecular weight is 368 g/mol. The van der Waals surface area contributed by atoms with Gasteiger partial charge in [0.25, 0.3) is 5.69 Å².